The number of aliphatic carboxylic acids is 2. The van der Waals surface area contributed by atoms with Gasteiger partial charge in [-0.15, -0.1) is 5.10 Å². The zero-order chi connectivity index (χ0) is 25.5. The van der Waals surface area contributed by atoms with E-state index in [2.05, 4.69) is 10.4 Å². The molecule has 4 rings (SSSR count). The SMILES string of the molecule is Fc1ccc2c(c1)c(OCC1CCCNC1)nn2-c1ccccc1F.O=C(O)C(O)C(O)C(=O)O. The molecule has 0 aliphatic carbocycles. The number of aliphatic hydroxyl groups is 2. The predicted octanol–water partition coefficient (Wildman–Crippen LogP) is 1.56. The lowest BCUT2D eigenvalue weighted by molar-refractivity contribution is -0.165. The van der Waals surface area contributed by atoms with Crippen molar-refractivity contribution in [3.63, 3.8) is 0 Å². The van der Waals surface area contributed by atoms with E-state index in [0.29, 0.717) is 35.0 Å². The highest BCUT2D eigenvalue weighted by molar-refractivity contribution is 5.86. The largest absolute Gasteiger partial charge is 0.479 e. The number of piperidine rings is 1. The molecule has 1 fully saturated rings. The van der Waals surface area contributed by atoms with Crippen LogP contribution in [0.15, 0.2) is 42.5 Å². The van der Waals surface area contributed by atoms with Crippen molar-refractivity contribution in [3.05, 3.63) is 54.1 Å². The summed E-state index contributed by atoms with van der Waals surface area (Å²) in [5.74, 6) is -3.56. The number of rotatable bonds is 7. The molecule has 5 N–H and O–H groups in total. The molecule has 0 radical (unpaired) electrons. The molecule has 1 saturated heterocycles. The molecule has 1 aliphatic rings. The van der Waals surface area contributed by atoms with Gasteiger partial charge in [0.15, 0.2) is 12.2 Å². The van der Waals surface area contributed by atoms with Gasteiger partial charge in [-0.1, -0.05) is 12.1 Å². The minimum Gasteiger partial charge on any atom is -0.479 e. The summed E-state index contributed by atoms with van der Waals surface area (Å²) >= 11 is 0. The summed E-state index contributed by atoms with van der Waals surface area (Å²) in [5.41, 5.74) is 0.927. The lowest BCUT2D eigenvalue weighted by Gasteiger charge is -2.22. The first-order valence-electron chi connectivity index (χ1n) is 10.8. The number of nitrogens with zero attached hydrogens (tertiary/aromatic N) is 2. The number of carbonyl (C=O) groups is 2. The van der Waals surface area contributed by atoms with Crippen LogP contribution < -0.4 is 10.1 Å². The fraction of sp³-hybridized carbons (Fsp3) is 0.348. The zero-order valence-electron chi connectivity index (χ0n) is 18.5. The first kappa shape index (κ1) is 26.0. The van der Waals surface area contributed by atoms with Gasteiger partial charge in [-0.3, -0.25) is 0 Å². The van der Waals surface area contributed by atoms with Gasteiger partial charge in [0.1, 0.15) is 17.3 Å². The molecule has 2 aromatic carbocycles. The first-order valence-corrected chi connectivity index (χ1v) is 10.8. The molecule has 0 spiro atoms. The molecular formula is C23H25F2N3O7. The van der Waals surface area contributed by atoms with Crippen molar-refractivity contribution in [2.75, 3.05) is 19.7 Å². The third-order valence-electron chi connectivity index (χ3n) is 5.35. The fourth-order valence-electron chi connectivity index (χ4n) is 3.51. The summed E-state index contributed by atoms with van der Waals surface area (Å²) in [7, 11) is 0. The van der Waals surface area contributed by atoms with Crippen LogP contribution in [0.25, 0.3) is 16.6 Å². The molecule has 10 nitrogen and oxygen atoms in total. The van der Waals surface area contributed by atoms with E-state index in [0.717, 1.165) is 25.9 Å². The number of aromatic nitrogens is 2. The Morgan fingerprint density at radius 1 is 1.11 bits per heavy atom. The minimum absolute atomic E-state index is 0.313. The number of para-hydroxylation sites is 1. The van der Waals surface area contributed by atoms with Crippen molar-refractivity contribution in [1.29, 1.82) is 0 Å². The minimum atomic E-state index is -2.27. The average molecular weight is 493 g/mol. The maximum Gasteiger partial charge on any atom is 0.335 e. The highest BCUT2D eigenvalue weighted by Gasteiger charge is 2.29. The molecule has 35 heavy (non-hydrogen) atoms. The second-order valence-electron chi connectivity index (χ2n) is 7.92. The third-order valence-corrected chi connectivity index (χ3v) is 5.35. The number of nitrogens with one attached hydrogen (secondary N) is 1. The summed E-state index contributed by atoms with van der Waals surface area (Å²) in [5, 5.41) is 40.8. The van der Waals surface area contributed by atoms with Gasteiger partial charge in [0.25, 0.3) is 0 Å². The second kappa shape index (κ2) is 11.7. The highest BCUT2D eigenvalue weighted by Crippen LogP contribution is 2.29. The second-order valence-corrected chi connectivity index (χ2v) is 7.92. The van der Waals surface area contributed by atoms with Crippen molar-refractivity contribution >= 4 is 22.8 Å². The van der Waals surface area contributed by atoms with E-state index in [4.69, 9.17) is 25.2 Å². The first-order chi connectivity index (χ1) is 16.7. The van der Waals surface area contributed by atoms with E-state index in [1.165, 1.54) is 22.9 Å². The van der Waals surface area contributed by atoms with Gasteiger partial charge in [0, 0.05) is 12.5 Å². The van der Waals surface area contributed by atoms with E-state index in [1.54, 1.807) is 24.3 Å². The summed E-state index contributed by atoms with van der Waals surface area (Å²) in [6.45, 7) is 2.44. The van der Waals surface area contributed by atoms with Crippen molar-refractivity contribution in [1.82, 2.24) is 15.1 Å². The Hall–Kier alpha value is -3.61. The molecule has 3 aromatic rings. The molecular weight excluding hydrogens is 468 g/mol. The van der Waals surface area contributed by atoms with Crippen LogP contribution in [0, 0.1) is 17.6 Å². The number of benzene rings is 2. The standard InChI is InChI=1S/C19H19F2N3O.C4H6O6/c20-14-7-8-17-15(10-14)19(25-12-13-4-3-9-22-11-13)23-24(17)18-6-2-1-5-16(18)21;5-1(3(7)8)2(6)4(9)10/h1-2,5-8,10,13,22H,3-4,9,11-12H2;1-2,5-6H,(H,7,8)(H,9,10). The van der Waals surface area contributed by atoms with Crippen molar-refractivity contribution < 1.29 is 43.5 Å². The fourth-order valence-corrected chi connectivity index (χ4v) is 3.51. The van der Waals surface area contributed by atoms with E-state index >= 15 is 0 Å². The van der Waals surface area contributed by atoms with E-state index in [1.807, 2.05) is 0 Å². The summed E-state index contributed by atoms with van der Waals surface area (Å²) in [6, 6.07) is 10.7. The Morgan fingerprint density at radius 3 is 2.40 bits per heavy atom. The molecule has 1 aromatic heterocycles. The maximum absolute atomic E-state index is 14.2. The Kier molecular flexibility index (Phi) is 8.68. The number of hydrogen-bond donors (Lipinski definition) is 5. The molecule has 0 amide bonds. The van der Waals surface area contributed by atoms with Crippen LogP contribution in [0.1, 0.15) is 12.8 Å². The predicted molar refractivity (Wildman–Crippen MR) is 119 cm³/mol. The van der Waals surface area contributed by atoms with Gasteiger partial charge >= 0.3 is 11.9 Å². The Morgan fingerprint density at radius 2 is 1.80 bits per heavy atom. The Balaban J connectivity index is 0.000000292. The highest BCUT2D eigenvalue weighted by atomic mass is 19.1. The number of halogens is 2. The molecule has 3 atom stereocenters. The number of carboxylic acids is 2. The third kappa shape index (κ3) is 6.50. The van der Waals surface area contributed by atoms with Crippen LogP contribution in [0.2, 0.25) is 0 Å². The van der Waals surface area contributed by atoms with Gasteiger partial charge in [-0.2, -0.15) is 0 Å². The number of fused-ring (bicyclic) bond motifs is 1. The zero-order valence-corrected chi connectivity index (χ0v) is 18.5. The molecule has 3 unspecified atom stereocenters. The van der Waals surface area contributed by atoms with Gasteiger partial charge < -0.3 is 30.5 Å². The smallest absolute Gasteiger partial charge is 0.335 e. The molecule has 1 aliphatic heterocycles. The van der Waals surface area contributed by atoms with Crippen LogP contribution >= 0.6 is 0 Å². The summed E-state index contributed by atoms with van der Waals surface area (Å²) < 4.78 is 35.3. The van der Waals surface area contributed by atoms with Crippen LogP contribution in [0.3, 0.4) is 0 Å². The quantitative estimate of drug-likeness (QED) is 0.330. The monoisotopic (exact) mass is 493 g/mol. The van der Waals surface area contributed by atoms with Crippen LogP contribution in [0.4, 0.5) is 8.78 Å². The number of hydrogen-bond acceptors (Lipinski definition) is 7. The topological polar surface area (TPSA) is 154 Å². The molecule has 12 heteroatoms. The molecule has 0 bridgehead atoms. The summed E-state index contributed by atoms with van der Waals surface area (Å²) in [6.07, 6.45) is -2.32. The molecule has 188 valence electrons. The number of aliphatic hydroxyl groups excluding tert-OH is 2. The Bertz CT molecular complexity index is 1160. The molecule has 0 saturated carbocycles. The van der Waals surface area contributed by atoms with E-state index < -0.39 is 24.1 Å². The maximum atomic E-state index is 14.2. The number of carboxylic acid groups (broad SMARTS) is 2. The van der Waals surface area contributed by atoms with E-state index in [-0.39, 0.29) is 11.6 Å². The van der Waals surface area contributed by atoms with Crippen molar-refractivity contribution in [3.8, 4) is 11.6 Å². The van der Waals surface area contributed by atoms with Gasteiger partial charge in [-0.05, 0) is 49.7 Å². The van der Waals surface area contributed by atoms with Crippen molar-refractivity contribution in [2.24, 2.45) is 5.92 Å². The number of ether oxygens (including phenoxy) is 1. The van der Waals surface area contributed by atoms with E-state index in [9.17, 15) is 18.4 Å². The molecule has 2 heterocycles. The van der Waals surface area contributed by atoms with Crippen LogP contribution in [-0.2, 0) is 9.59 Å². The van der Waals surface area contributed by atoms with Gasteiger partial charge in [0.05, 0.1) is 17.5 Å². The van der Waals surface area contributed by atoms with Crippen LogP contribution in [-0.4, -0.2) is 74.0 Å². The summed E-state index contributed by atoms with van der Waals surface area (Å²) in [4.78, 5) is 19.5. The average Bonchev–Trinajstić information content (AvgIpc) is 3.20. The normalized spacial score (nSPS) is 17.2. The van der Waals surface area contributed by atoms with Gasteiger partial charge in [-0.25, -0.2) is 23.1 Å². The van der Waals surface area contributed by atoms with Gasteiger partial charge in [0.2, 0.25) is 5.88 Å². The lowest BCUT2D eigenvalue weighted by Crippen LogP contribution is -2.39. The van der Waals surface area contributed by atoms with Crippen molar-refractivity contribution in [2.45, 2.75) is 25.0 Å². The lowest BCUT2D eigenvalue weighted by atomic mass is 10.0. The van der Waals surface area contributed by atoms with Crippen LogP contribution in [0.5, 0.6) is 5.88 Å². The Labute approximate surface area is 198 Å².